The minimum atomic E-state index is -0.893. The Balaban J connectivity index is 1.68. The molecule has 0 nitrogen and oxygen atoms in total. The first-order chi connectivity index (χ1) is 13.7. The minimum absolute atomic E-state index is 0.580. The highest BCUT2D eigenvalue weighted by molar-refractivity contribution is 8.77. The van der Waals surface area contributed by atoms with Gasteiger partial charge in [0.1, 0.15) is 12.3 Å². The highest BCUT2D eigenvalue weighted by Crippen LogP contribution is 2.62. The first-order valence-corrected chi connectivity index (χ1v) is 12.6. The third kappa shape index (κ3) is 3.75. The fraction of sp³-hybridized carbons (Fsp3) is 0.500. The van der Waals surface area contributed by atoms with Crippen molar-refractivity contribution in [2.75, 3.05) is 0 Å². The summed E-state index contributed by atoms with van der Waals surface area (Å²) in [4.78, 5) is 0. The van der Waals surface area contributed by atoms with E-state index in [0.29, 0.717) is 12.8 Å². The zero-order chi connectivity index (χ0) is 19.5. The Labute approximate surface area is 175 Å². The van der Waals surface area contributed by atoms with Crippen LogP contribution in [0.25, 0.3) is 0 Å². The molecule has 0 saturated heterocycles. The molecule has 0 bridgehead atoms. The molecule has 0 radical (unpaired) electrons. The van der Waals surface area contributed by atoms with Gasteiger partial charge in [0.25, 0.3) is 0 Å². The molecule has 2 saturated carbocycles. The molecule has 0 N–H and O–H groups in total. The lowest BCUT2D eigenvalue weighted by Gasteiger charge is -2.45. The number of alkyl halides is 2. The van der Waals surface area contributed by atoms with Gasteiger partial charge in [-0.2, -0.15) is 0 Å². The molecule has 2 aromatic rings. The molecule has 2 aromatic carbocycles. The van der Waals surface area contributed by atoms with Crippen molar-refractivity contribution in [3.8, 4) is 0 Å². The van der Waals surface area contributed by atoms with Gasteiger partial charge in [0.15, 0.2) is 0 Å². The second kappa shape index (κ2) is 8.79. The molecule has 150 valence electrons. The normalized spacial score (nSPS) is 33.5. The van der Waals surface area contributed by atoms with E-state index in [2.05, 4.69) is 24.3 Å². The average molecular weight is 419 g/mol. The molecule has 2 fully saturated rings. The molecule has 4 atom stereocenters. The topological polar surface area (TPSA) is 0 Å². The summed E-state index contributed by atoms with van der Waals surface area (Å²) < 4.78 is 29.7. The maximum Gasteiger partial charge on any atom is 0.120 e. The fourth-order valence-corrected chi connectivity index (χ4v) is 8.98. The van der Waals surface area contributed by atoms with Gasteiger partial charge in [-0.1, -0.05) is 108 Å². The Kier molecular flexibility index (Phi) is 6.37. The van der Waals surface area contributed by atoms with Crippen molar-refractivity contribution in [1.29, 1.82) is 0 Å². The van der Waals surface area contributed by atoms with Crippen molar-refractivity contribution < 1.29 is 8.78 Å². The van der Waals surface area contributed by atoms with E-state index < -0.39 is 21.8 Å². The molecule has 0 aromatic heterocycles. The van der Waals surface area contributed by atoms with Gasteiger partial charge in [-0.05, 0) is 36.8 Å². The molecule has 0 heterocycles. The molecule has 2 aliphatic rings. The molecule has 2 aliphatic carbocycles. The molecule has 28 heavy (non-hydrogen) atoms. The molecular formula is C24H28F2S2. The van der Waals surface area contributed by atoms with Crippen LogP contribution in [0, 0.1) is 0 Å². The summed E-state index contributed by atoms with van der Waals surface area (Å²) in [6.07, 6.45) is 4.98. The average Bonchev–Trinajstić information content (AvgIpc) is 2.76. The van der Waals surface area contributed by atoms with Gasteiger partial charge in [0.2, 0.25) is 0 Å². The van der Waals surface area contributed by atoms with E-state index in [4.69, 9.17) is 0 Å². The number of hydrogen-bond donors (Lipinski definition) is 0. The molecule has 4 unspecified atom stereocenters. The molecule has 0 spiro atoms. The van der Waals surface area contributed by atoms with Crippen LogP contribution in [0.15, 0.2) is 60.7 Å². The smallest absolute Gasteiger partial charge is 0.120 e. The maximum absolute atomic E-state index is 15.4. The number of benzene rings is 2. The first-order valence-electron chi connectivity index (χ1n) is 10.4. The van der Waals surface area contributed by atoms with E-state index in [0.717, 1.165) is 49.7 Å². The Morgan fingerprint density at radius 2 is 1.00 bits per heavy atom. The molecule has 4 rings (SSSR count). The van der Waals surface area contributed by atoms with E-state index in [1.165, 1.54) is 0 Å². The van der Waals surface area contributed by atoms with Gasteiger partial charge in [0.05, 0.1) is 9.49 Å². The lowest BCUT2D eigenvalue weighted by atomic mass is 9.81. The summed E-state index contributed by atoms with van der Waals surface area (Å²) >= 11 is 0. The van der Waals surface area contributed by atoms with E-state index in [1.54, 1.807) is 21.6 Å². The second-order valence-electron chi connectivity index (χ2n) is 8.10. The van der Waals surface area contributed by atoms with Crippen LogP contribution in [-0.2, 0) is 9.49 Å². The van der Waals surface area contributed by atoms with E-state index in [9.17, 15) is 0 Å². The standard InChI is InChI=1S/C24H28F2S2/c25-21-15-7-9-17-23(21,19-11-3-1-4-12-19)27-28-24(18-10-8-16-22(24)26)20-13-5-2-6-14-20/h1-6,11-14,21-22H,7-10,15-18H2. The summed E-state index contributed by atoms with van der Waals surface area (Å²) in [6.45, 7) is 0. The monoisotopic (exact) mass is 418 g/mol. The van der Waals surface area contributed by atoms with Crippen LogP contribution >= 0.6 is 21.6 Å². The third-order valence-electron chi connectivity index (χ3n) is 6.39. The Hall–Kier alpha value is -1.00. The molecule has 0 amide bonds. The first kappa shape index (κ1) is 20.3. The number of hydrogen-bond acceptors (Lipinski definition) is 2. The van der Waals surface area contributed by atoms with Crippen LogP contribution in [-0.4, -0.2) is 12.3 Å². The van der Waals surface area contributed by atoms with Crippen LogP contribution < -0.4 is 0 Å². The van der Waals surface area contributed by atoms with Crippen LogP contribution in [0.1, 0.15) is 62.5 Å². The zero-order valence-electron chi connectivity index (χ0n) is 16.2. The van der Waals surface area contributed by atoms with E-state index >= 15 is 8.78 Å². The molecular weight excluding hydrogens is 390 g/mol. The molecule has 4 heteroatoms. The van der Waals surface area contributed by atoms with Crippen molar-refractivity contribution in [3.05, 3.63) is 71.8 Å². The number of rotatable bonds is 5. The summed E-state index contributed by atoms with van der Waals surface area (Å²) in [6, 6.07) is 20.1. The zero-order valence-corrected chi connectivity index (χ0v) is 17.8. The Morgan fingerprint density at radius 3 is 1.36 bits per heavy atom. The highest BCUT2D eigenvalue weighted by atomic mass is 33.1. The summed E-state index contributed by atoms with van der Waals surface area (Å²) in [5.41, 5.74) is 2.10. The van der Waals surface area contributed by atoms with Gasteiger partial charge in [-0.3, -0.25) is 0 Å². The quantitative estimate of drug-likeness (QED) is 0.451. The Morgan fingerprint density at radius 1 is 0.607 bits per heavy atom. The van der Waals surface area contributed by atoms with Crippen molar-refractivity contribution in [2.24, 2.45) is 0 Å². The van der Waals surface area contributed by atoms with E-state index in [-0.39, 0.29) is 0 Å². The summed E-state index contributed by atoms with van der Waals surface area (Å²) in [5, 5.41) is 0. The van der Waals surface area contributed by atoms with Crippen molar-refractivity contribution >= 4 is 21.6 Å². The van der Waals surface area contributed by atoms with Gasteiger partial charge < -0.3 is 0 Å². The maximum atomic E-state index is 15.4. The van der Waals surface area contributed by atoms with E-state index in [1.807, 2.05) is 36.4 Å². The second-order valence-corrected chi connectivity index (χ2v) is 10.9. The van der Waals surface area contributed by atoms with Crippen molar-refractivity contribution in [3.63, 3.8) is 0 Å². The fourth-order valence-electron chi connectivity index (χ4n) is 4.73. The van der Waals surface area contributed by atoms with Gasteiger partial charge in [-0.15, -0.1) is 0 Å². The minimum Gasteiger partial charge on any atom is -0.246 e. The molecule has 0 aliphatic heterocycles. The van der Waals surface area contributed by atoms with Crippen LogP contribution in [0.5, 0.6) is 0 Å². The SMILES string of the molecule is FC1CCCCC1(SSC1(c2ccccc2)CCCCC1F)c1ccccc1. The lowest BCUT2D eigenvalue weighted by molar-refractivity contribution is 0.191. The third-order valence-corrected chi connectivity index (χ3v) is 10.5. The predicted octanol–water partition coefficient (Wildman–Crippen LogP) is 7.98. The van der Waals surface area contributed by atoms with Gasteiger partial charge in [0, 0.05) is 0 Å². The van der Waals surface area contributed by atoms with Crippen molar-refractivity contribution in [1.82, 2.24) is 0 Å². The summed E-state index contributed by atoms with van der Waals surface area (Å²) in [5.74, 6) is 0. The number of halogens is 2. The van der Waals surface area contributed by atoms with Gasteiger partial charge in [-0.25, -0.2) is 8.78 Å². The van der Waals surface area contributed by atoms with Crippen LogP contribution in [0.3, 0.4) is 0 Å². The van der Waals surface area contributed by atoms with Crippen molar-refractivity contribution in [2.45, 2.75) is 73.2 Å². The largest absolute Gasteiger partial charge is 0.246 e. The lowest BCUT2D eigenvalue weighted by Crippen LogP contribution is -2.39. The summed E-state index contributed by atoms with van der Waals surface area (Å²) in [7, 11) is 3.22. The predicted molar refractivity (Wildman–Crippen MR) is 118 cm³/mol. The van der Waals surface area contributed by atoms with Crippen LogP contribution in [0.4, 0.5) is 8.78 Å². The van der Waals surface area contributed by atoms with Crippen LogP contribution in [0.2, 0.25) is 0 Å². The van der Waals surface area contributed by atoms with Gasteiger partial charge >= 0.3 is 0 Å². The Bertz CT molecular complexity index is 688. The highest BCUT2D eigenvalue weighted by Gasteiger charge is 2.49.